The number of pyridine rings is 1. The summed E-state index contributed by atoms with van der Waals surface area (Å²) in [6.07, 6.45) is 5.54. The number of nitrogens with zero attached hydrogens (tertiary/aromatic N) is 2. The molecule has 2 rings (SSSR count). The van der Waals surface area contributed by atoms with E-state index in [0.29, 0.717) is 12.8 Å². The third-order valence-corrected chi connectivity index (χ3v) is 3.86. The van der Waals surface area contributed by atoms with Gasteiger partial charge in [0.1, 0.15) is 12.1 Å². The minimum Gasteiger partial charge on any atom is -0.454 e. The molecule has 0 radical (unpaired) electrons. The quantitative estimate of drug-likeness (QED) is 0.807. The van der Waals surface area contributed by atoms with Gasteiger partial charge in [-0.25, -0.2) is 0 Å². The zero-order valence-electron chi connectivity index (χ0n) is 12.8. The maximum absolute atomic E-state index is 11.9. The van der Waals surface area contributed by atoms with Gasteiger partial charge in [0, 0.05) is 12.3 Å². The molecule has 0 atom stereocenters. The number of hydrogen-bond donors (Lipinski definition) is 1. The van der Waals surface area contributed by atoms with E-state index in [-0.39, 0.29) is 12.1 Å². The van der Waals surface area contributed by atoms with Crippen LogP contribution < -0.4 is 10.9 Å². The topological polar surface area (TPSA) is 101 Å². The van der Waals surface area contributed by atoms with Gasteiger partial charge in [0.15, 0.2) is 6.61 Å². The second-order valence-corrected chi connectivity index (χ2v) is 5.63. The fourth-order valence-corrected chi connectivity index (χ4v) is 2.65. The number of carbonyl (C=O) groups is 2. The van der Waals surface area contributed by atoms with Crippen molar-refractivity contribution in [3.8, 4) is 6.07 Å². The average molecular weight is 317 g/mol. The lowest BCUT2D eigenvalue weighted by Crippen LogP contribution is -2.50. The lowest BCUT2D eigenvalue weighted by atomic mass is 9.83. The third-order valence-electron chi connectivity index (χ3n) is 3.86. The highest BCUT2D eigenvalue weighted by Gasteiger charge is 2.33. The summed E-state index contributed by atoms with van der Waals surface area (Å²) < 4.78 is 6.07. The minimum absolute atomic E-state index is 0.254. The highest BCUT2D eigenvalue weighted by atomic mass is 16.5. The maximum atomic E-state index is 11.9. The Hall–Kier alpha value is -2.62. The van der Waals surface area contributed by atoms with Crippen molar-refractivity contribution in [2.24, 2.45) is 0 Å². The van der Waals surface area contributed by atoms with E-state index in [1.807, 2.05) is 0 Å². The summed E-state index contributed by atoms with van der Waals surface area (Å²) in [5, 5.41) is 11.9. The Morgan fingerprint density at radius 3 is 2.70 bits per heavy atom. The van der Waals surface area contributed by atoms with Crippen LogP contribution in [0.1, 0.15) is 32.1 Å². The number of carbonyl (C=O) groups excluding carboxylic acids is 2. The molecule has 1 aromatic rings. The Balaban J connectivity index is 1.82. The number of hydrogen-bond acceptors (Lipinski definition) is 5. The largest absolute Gasteiger partial charge is 0.454 e. The Bertz CT molecular complexity index is 668. The number of rotatable bonds is 5. The smallest absolute Gasteiger partial charge is 0.326 e. The van der Waals surface area contributed by atoms with Crippen molar-refractivity contribution in [3.05, 3.63) is 34.7 Å². The minimum atomic E-state index is -0.849. The molecular weight excluding hydrogens is 298 g/mol. The van der Waals surface area contributed by atoms with Crippen molar-refractivity contribution in [3.63, 3.8) is 0 Å². The van der Waals surface area contributed by atoms with Crippen LogP contribution in [0, 0.1) is 11.3 Å². The molecule has 0 saturated heterocycles. The van der Waals surface area contributed by atoms with Gasteiger partial charge in [0.25, 0.3) is 11.5 Å². The van der Waals surface area contributed by atoms with Crippen LogP contribution in [0.3, 0.4) is 0 Å². The van der Waals surface area contributed by atoms with Gasteiger partial charge in [-0.05, 0) is 18.9 Å². The summed E-state index contributed by atoms with van der Waals surface area (Å²) >= 11 is 0. The van der Waals surface area contributed by atoms with Crippen molar-refractivity contribution in [1.82, 2.24) is 9.88 Å². The van der Waals surface area contributed by atoms with Gasteiger partial charge in [-0.2, -0.15) is 5.26 Å². The molecule has 1 amide bonds. The molecular formula is C16H19N3O4. The number of aromatic nitrogens is 1. The van der Waals surface area contributed by atoms with Gasteiger partial charge in [0.2, 0.25) is 0 Å². The number of nitrogens with one attached hydrogen (secondary N) is 1. The molecule has 0 spiro atoms. The van der Waals surface area contributed by atoms with Crippen LogP contribution in [-0.4, -0.2) is 28.6 Å². The van der Waals surface area contributed by atoms with Gasteiger partial charge in [-0.15, -0.1) is 0 Å². The van der Waals surface area contributed by atoms with Crippen molar-refractivity contribution < 1.29 is 14.3 Å². The maximum Gasteiger partial charge on any atom is 0.326 e. The predicted octanol–water partition coefficient (Wildman–Crippen LogP) is 0.734. The zero-order valence-corrected chi connectivity index (χ0v) is 12.8. The molecule has 0 unspecified atom stereocenters. The van der Waals surface area contributed by atoms with Crippen LogP contribution in [-0.2, 0) is 20.9 Å². The van der Waals surface area contributed by atoms with Gasteiger partial charge >= 0.3 is 5.97 Å². The van der Waals surface area contributed by atoms with E-state index in [1.54, 1.807) is 12.1 Å². The number of esters is 1. The van der Waals surface area contributed by atoms with E-state index in [0.717, 1.165) is 19.3 Å². The molecule has 1 aromatic heterocycles. The van der Waals surface area contributed by atoms with Gasteiger partial charge in [0.05, 0.1) is 6.07 Å². The third kappa shape index (κ3) is 4.68. The molecule has 0 bridgehead atoms. The van der Waals surface area contributed by atoms with Crippen LogP contribution in [0.4, 0.5) is 0 Å². The molecule has 0 aromatic carbocycles. The molecule has 23 heavy (non-hydrogen) atoms. The first kappa shape index (κ1) is 16.7. The van der Waals surface area contributed by atoms with E-state index < -0.39 is 24.0 Å². The fourth-order valence-electron chi connectivity index (χ4n) is 2.65. The highest BCUT2D eigenvalue weighted by Crippen LogP contribution is 2.27. The van der Waals surface area contributed by atoms with E-state index >= 15 is 0 Å². The monoisotopic (exact) mass is 317 g/mol. The Morgan fingerprint density at radius 1 is 1.30 bits per heavy atom. The van der Waals surface area contributed by atoms with Gasteiger partial charge in [-0.1, -0.05) is 25.3 Å². The molecule has 122 valence electrons. The van der Waals surface area contributed by atoms with Crippen molar-refractivity contribution >= 4 is 11.9 Å². The SMILES string of the molecule is N#CC1(NC(=O)COC(=O)Cn2ccccc2=O)CCCCC1. The molecule has 1 aliphatic carbocycles. The Kier molecular flexibility index (Phi) is 5.52. The van der Waals surface area contributed by atoms with Gasteiger partial charge in [-0.3, -0.25) is 14.4 Å². The summed E-state index contributed by atoms with van der Waals surface area (Å²) in [6, 6.07) is 6.70. The first-order valence-electron chi connectivity index (χ1n) is 7.58. The number of amides is 1. The van der Waals surface area contributed by atoms with Crippen molar-refractivity contribution in [2.45, 2.75) is 44.2 Å². The number of nitriles is 1. The Labute approximate surface area is 133 Å². The van der Waals surface area contributed by atoms with Crippen LogP contribution >= 0.6 is 0 Å². The molecule has 7 heteroatoms. The standard InChI is InChI=1S/C16H19N3O4/c17-12-16(7-3-1-4-8-16)18-13(20)11-23-15(22)10-19-9-5-2-6-14(19)21/h2,5-6,9H,1,3-4,7-8,10-11H2,(H,18,20). The van der Waals surface area contributed by atoms with Crippen molar-refractivity contribution in [1.29, 1.82) is 5.26 Å². The highest BCUT2D eigenvalue weighted by molar-refractivity contribution is 5.81. The van der Waals surface area contributed by atoms with Crippen LogP contribution in [0.15, 0.2) is 29.2 Å². The number of ether oxygens (including phenoxy) is 1. The predicted molar refractivity (Wildman–Crippen MR) is 81.2 cm³/mol. The first-order valence-corrected chi connectivity index (χ1v) is 7.58. The zero-order chi connectivity index (χ0) is 16.7. The second kappa shape index (κ2) is 7.58. The summed E-state index contributed by atoms with van der Waals surface area (Å²) in [6.45, 7) is -0.708. The lowest BCUT2D eigenvalue weighted by molar-refractivity contribution is -0.149. The molecule has 1 N–H and O–H groups in total. The first-order chi connectivity index (χ1) is 11.0. The van der Waals surface area contributed by atoms with E-state index in [4.69, 9.17) is 4.74 Å². The summed E-state index contributed by atoms with van der Waals surface area (Å²) in [4.78, 5) is 35.1. The fraction of sp³-hybridized carbons (Fsp3) is 0.500. The molecule has 1 heterocycles. The summed E-state index contributed by atoms with van der Waals surface area (Å²) in [5.41, 5.74) is -1.17. The normalized spacial score (nSPS) is 16.1. The van der Waals surface area contributed by atoms with E-state index in [2.05, 4.69) is 11.4 Å². The van der Waals surface area contributed by atoms with E-state index in [9.17, 15) is 19.6 Å². The second-order valence-electron chi connectivity index (χ2n) is 5.63. The molecule has 1 aliphatic rings. The summed E-state index contributed by atoms with van der Waals surface area (Å²) in [5.74, 6) is -1.18. The van der Waals surface area contributed by atoms with Crippen molar-refractivity contribution in [2.75, 3.05) is 6.61 Å². The van der Waals surface area contributed by atoms with Crippen LogP contribution in [0.5, 0.6) is 0 Å². The molecule has 0 aliphatic heterocycles. The molecule has 7 nitrogen and oxygen atoms in total. The van der Waals surface area contributed by atoms with Gasteiger partial charge < -0.3 is 14.6 Å². The Morgan fingerprint density at radius 2 is 2.04 bits per heavy atom. The summed E-state index contributed by atoms with van der Waals surface area (Å²) in [7, 11) is 0. The van der Waals surface area contributed by atoms with E-state index in [1.165, 1.54) is 16.8 Å². The molecule has 1 fully saturated rings. The molecule has 1 saturated carbocycles. The van der Waals surface area contributed by atoms with Crippen LogP contribution in [0.2, 0.25) is 0 Å². The average Bonchev–Trinajstić information content (AvgIpc) is 2.56. The van der Waals surface area contributed by atoms with Crippen LogP contribution in [0.25, 0.3) is 0 Å². The lowest BCUT2D eigenvalue weighted by Gasteiger charge is -2.31.